The zero-order valence-electron chi connectivity index (χ0n) is 26.1. The Hall–Kier alpha value is -3.48. The number of carboxylic acid groups (broad SMARTS) is 1. The molecule has 2 fully saturated rings. The number of imide groups is 1. The summed E-state index contributed by atoms with van der Waals surface area (Å²) in [7, 11) is 0. The van der Waals surface area contributed by atoms with Crippen LogP contribution in [0.15, 0.2) is 54.6 Å². The lowest BCUT2D eigenvalue weighted by Gasteiger charge is -2.54. The molecule has 0 spiro atoms. The smallest absolute Gasteiger partial charge is 0.330 e. The summed E-state index contributed by atoms with van der Waals surface area (Å²) < 4.78 is 23.0. The summed E-state index contributed by atoms with van der Waals surface area (Å²) in [4.78, 5) is 51.2. The van der Waals surface area contributed by atoms with Crippen molar-refractivity contribution in [3.63, 3.8) is 0 Å². The number of rotatable bonds is 12. The van der Waals surface area contributed by atoms with E-state index in [2.05, 4.69) is 20.4 Å². The van der Waals surface area contributed by atoms with Crippen LogP contribution in [0.3, 0.4) is 0 Å². The molecule has 6 rings (SSSR count). The molecule has 2 aromatic carbocycles. The van der Waals surface area contributed by atoms with Crippen LogP contribution in [0.5, 0.6) is 11.5 Å². The molecule has 0 bridgehead atoms. The fourth-order valence-electron chi connectivity index (χ4n) is 6.09. The van der Waals surface area contributed by atoms with E-state index < -0.39 is 52.3 Å². The first kappa shape index (κ1) is 33.9. The largest absolute Gasteiger partial charge is 0.616 e. The molecule has 10 nitrogen and oxygen atoms in total. The molecule has 4 aliphatic heterocycles. The summed E-state index contributed by atoms with van der Waals surface area (Å²) in [5.41, 5.74) is 2.15. The summed E-state index contributed by atoms with van der Waals surface area (Å²) in [5, 5.41) is 8.98. The SMILES string of the molecule is C=C1CS[C@@H]2C(N3C(=O)c4ccccc4C3=O)C(=O)N2C1C(=O)O.CCCCCCCC[S+]([O-])C(C)Cc1ccc2c(c1)OCO2. The van der Waals surface area contributed by atoms with Crippen molar-refractivity contribution in [2.24, 2.45) is 0 Å². The predicted octanol–water partition coefficient (Wildman–Crippen LogP) is 5.03. The van der Waals surface area contributed by atoms with Gasteiger partial charge in [-0.2, -0.15) is 0 Å². The number of nitrogens with zero attached hydrogens (tertiary/aromatic N) is 2. The maximum absolute atomic E-state index is 12.5. The highest BCUT2D eigenvalue weighted by Crippen LogP contribution is 2.44. The molecule has 46 heavy (non-hydrogen) atoms. The normalized spacial score (nSPS) is 22.5. The van der Waals surface area contributed by atoms with E-state index in [0.717, 1.165) is 35.0 Å². The van der Waals surface area contributed by atoms with Gasteiger partial charge in [-0.3, -0.25) is 19.3 Å². The number of unbranched alkanes of at least 4 members (excludes halogenated alkanes) is 5. The molecule has 1 N–H and O–H groups in total. The zero-order valence-corrected chi connectivity index (χ0v) is 27.8. The standard InChI is InChI=1S/C18H28O3S.C16H12N2O5S/c1-3-4-5-6-7-8-11-22(19)15(2)12-16-9-10-17-18(13-16)21-14-20-17;1-7-6-24-15-11(14(21)18(15)10(7)16(22)23)17-12(19)8-4-2-3-5-9(8)13(17)20/h9-10,13,15H,3-8,11-12,14H2,1-2H3;2-5,10-11,15H,1,6H2,(H,22,23)/t;10?,11?,15-/m.1/s1. The van der Waals surface area contributed by atoms with Crippen LogP contribution < -0.4 is 9.47 Å². The van der Waals surface area contributed by atoms with Crippen LogP contribution in [-0.4, -0.2) is 84.2 Å². The summed E-state index contributed by atoms with van der Waals surface area (Å²) in [5.74, 6) is 0.116. The van der Waals surface area contributed by atoms with Gasteiger partial charge in [0, 0.05) is 12.2 Å². The third-order valence-electron chi connectivity index (χ3n) is 8.60. The summed E-state index contributed by atoms with van der Waals surface area (Å²) >= 11 is 0.577. The highest BCUT2D eigenvalue weighted by atomic mass is 32.2. The van der Waals surface area contributed by atoms with E-state index in [9.17, 15) is 28.8 Å². The fourth-order valence-corrected chi connectivity index (χ4v) is 8.71. The molecule has 2 aromatic rings. The molecule has 0 aliphatic carbocycles. The number of hydrogen-bond acceptors (Lipinski definition) is 8. The van der Waals surface area contributed by atoms with Gasteiger partial charge in [0.15, 0.2) is 17.5 Å². The van der Waals surface area contributed by atoms with Gasteiger partial charge in [-0.25, -0.2) is 4.79 Å². The molecule has 4 heterocycles. The molecule has 5 atom stereocenters. The van der Waals surface area contributed by atoms with E-state index in [-0.39, 0.29) is 16.4 Å². The lowest BCUT2D eigenvalue weighted by atomic mass is 9.97. The van der Waals surface area contributed by atoms with E-state index in [1.54, 1.807) is 24.3 Å². The van der Waals surface area contributed by atoms with E-state index in [1.807, 2.05) is 18.2 Å². The average molecular weight is 669 g/mol. The van der Waals surface area contributed by atoms with Crippen LogP contribution in [0.2, 0.25) is 0 Å². The van der Waals surface area contributed by atoms with Crippen molar-refractivity contribution in [3.05, 3.63) is 71.3 Å². The summed E-state index contributed by atoms with van der Waals surface area (Å²) in [6.45, 7) is 8.33. The number of carbonyl (C=O) groups is 4. The molecule has 0 aromatic heterocycles. The first-order chi connectivity index (χ1) is 22.1. The number of ether oxygens (including phenoxy) is 2. The second-order valence-corrected chi connectivity index (χ2v) is 15.0. The topological polar surface area (TPSA) is 137 Å². The lowest BCUT2D eigenvalue weighted by Crippen LogP contribution is -2.75. The maximum atomic E-state index is 12.5. The number of carboxylic acids is 1. The molecule has 0 saturated carbocycles. The van der Waals surface area contributed by atoms with Crippen molar-refractivity contribution >= 4 is 46.6 Å². The quantitative estimate of drug-likeness (QED) is 0.109. The number of carbonyl (C=O) groups excluding carboxylic acids is 3. The third-order valence-corrected chi connectivity index (χ3v) is 11.7. The number of fused-ring (bicyclic) bond motifs is 3. The monoisotopic (exact) mass is 668 g/mol. The Kier molecular flexibility index (Phi) is 11.0. The van der Waals surface area contributed by atoms with Crippen LogP contribution in [0.1, 0.15) is 78.7 Å². The van der Waals surface area contributed by atoms with Crippen LogP contribution in [0.4, 0.5) is 0 Å². The van der Waals surface area contributed by atoms with E-state index in [4.69, 9.17) is 9.47 Å². The van der Waals surface area contributed by atoms with Gasteiger partial charge in [0.1, 0.15) is 22.4 Å². The Balaban J connectivity index is 0.000000182. The number of benzene rings is 2. The van der Waals surface area contributed by atoms with Crippen molar-refractivity contribution < 1.29 is 38.3 Å². The number of amides is 3. The second-order valence-electron chi connectivity index (χ2n) is 11.9. The third kappa shape index (κ3) is 6.94. The Bertz CT molecular complexity index is 1460. The number of β-lactam (4-membered cyclic amide) rings is 1. The van der Waals surface area contributed by atoms with Gasteiger partial charge in [-0.1, -0.05) is 68.6 Å². The van der Waals surface area contributed by atoms with Crippen molar-refractivity contribution in [1.82, 2.24) is 9.80 Å². The molecule has 2 saturated heterocycles. The lowest BCUT2D eigenvalue weighted by molar-refractivity contribution is -0.161. The van der Waals surface area contributed by atoms with Gasteiger partial charge in [0.2, 0.25) is 6.79 Å². The second kappa shape index (κ2) is 15.0. The minimum atomic E-state index is -1.15. The van der Waals surface area contributed by atoms with Crippen LogP contribution in [-0.2, 0) is 27.2 Å². The number of hydrogen-bond donors (Lipinski definition) is 1. The molecule has 0 radical (unpaired) electrons. The minimum Gasteiger partial charge on any atom is -0.616 e. The van der Waals surface area contributed by atoms with Gasteiger partial charge in [0.25, 0.3) is 17.7 Å². The molecule has 3 amide bonds. The predicted molar refractivity (Wildman–Crippen MR) is 177 cm³/mol. The van der Waals surface area contributed by atoms with Crippen molar-refractivity contribution in [3.8, 4) is 11.5 Å². The molecular weight excluding hydrogens is 629 g/mol. The Morgan fingerprint density at radius 3 is 2.37 bits per heavy atom. The Morgan fingerprint density at radius 1 is 1.04 bits per heavy atom. The Morgan fingerprint density at radius 2 is 1.70 bits per heavy atom. The highest BCUT2D eigenvalue weighted by Gasteiger charge is 2.61. The van der Waals surface area contributed by atoms with E-state index >= 15 is 0 Å². The van der Waals surface area contributed by atoms with Gasteiger partial charge in [-0.05, 0) is 55.2 Å². The first-order valence-electron chi connectivity index (χ1n) is 15.7. The Labute approximate surface area is 276 Å². The van der Waals surface area contributed by atoms with Crippen molar-refractivity contribution in [1.29, 1.82) is 0 Å². The van der Waals surface area contributed by atoms with Gasteiger partial charge >= 0.3 is 5.97 Å². The minimum absolute atomic E-state index is 0.191. The first-order valence-corrected chi connectivity index (χ1v) is 18.1. The van der Waals surface area contributed by atoms with E-state index in [0.29, 0.717) is 18.1 Å². The van der Waals surface area contributed by atoms with Crippen molar-refractivity contribution in [2.75, 3.05) is 18.3 Å². The van der Waals surface area contributed by atoms with Crippen molar-refractivity contribution in [2.45, 2.75) is 81.5 Å². The number of thioether (sulfide) groups is 1. The highest BCUT2D eigenvalue weighted by molar-refractivity contribution is 8.00. The van der Waals surface area contributed by atoms with Gasteiger partial charge < -0.3 is 24.0 Å². The molecule has 246 valence electrons. The fraction of sp³-hybridized carbons (Fsp3) is 0.471. The molecular formula is C34H40N2O8S2. The van der Waals surface area contributed by atoms with Crippen LogP contribution >= 0.6 is 11.8 Å². The maximum Gasteiger partial charge on any atom is 0.330 e. The van der Waals surface area contributed by atoms with Gasteiger partial charge in [0.05, 0.1) is 11.1 Å². The van der Waals surface area contributed by atoms with E-state index in [1.165, 1.54) is 54.3 Å². The molecule has 4 unspecified atom stereocenters. The molecule has 4 aliphatic rings. The number of aliphatic carboxylic acids is 1. The average Bonchev–Trinajstić information content (AvgIpc) is 3.61. The van der Waals surface area contributed by atoms with Crippen LogP contribution in [0.25, 0.3) is 0 Å². The summed E-state index contributed by atoms with van der Waals surface area (Å²) in [6, 6.07) is 10.4. The zero-order chi connectivity index (χ0) is 33.0. The molecule has 12 heteroatoms. The van der Waals surface area contributed by atoms with Crippen LogP contribution in [0, 0.1) is 0 Å². The van der Waals surface area contributed by atoms with Gasteiger partial charge in [-0.15, -0.1) is 11.8 Å². The summed E-state index contributed by atoms with van der Waals surface area (Å²) in [6.07, 6.45) is 8.32.